The van der Waals surface area contributed by atoms with Gasteiger partial charge in [0.25, 0.3) is 0 Å². The number of fused-ring (bicyclic) bond motifs is 14. The molecular formula is C55H46N2. The first-order valence-electron chi connectivity index (χ1n) is 20.8. The van der Waals surface area contributed by atoms with Crippen molar-refractivity contribution in [2.24, 2.45) is 5.92 Å². The minimum absolute atomic E-state index is 0.0572. The van der Waals surface area contributed by atoms with Crippen molar-refractivity contribution in [2.45, 2.75) is 62.3 Å². The summed E-state index contributed by atoms with van der Waals surface area (Å²) in [7, 11) is 0. The zero-order chi connectivity index (χ0) is 38.3. The van der Waals surface area contributed by atoms with Crippen LogP contribution < -0.4 is 9.80 Å². The maximum absolute atomic E-state index is 2.72. The Morgan fingerprint density at radius 3 is 1.86 bits per heavy atom. The Bertz CT molecular complexity index is 2780. The summed E-state index contributed by atoms with van der Waals surface area (Å²) >= 11 is 0. The Kier molecular flexibility index (Phi) is 6.66. The molecule has 0 bridgehead atoms. The van der Waals surface area contributed by atoms with Crippen LogP contribution in [-0.2, 0) is 16.2 Å². The smallest absolute Gasteiger partial charge is 0.0597 e. The summed E-state index contributed by atoms with van der Waals surface area (Å²) < 4.78 is 0. The molecule has 0 radical (unpaired) electrons. The first kappa shape index (κ1) is 33.1. The number of hydrogen-bond acceptors (Lipinski definition) is 2. The summed E-state index contributed by atoms with van der Waals surface area (Å²) in [5, 5.41) is 0. The van der Waals surface area contributed by atoms with E-state index in [4.69, 9.17) is 0 Å². The van der Waals surface area contributed by atoms with Crippen LogP contribution in [0.4, 0.5) is 28.4 Å². The van der Waals surface area contributed by atoms with E-state index in [9.17, 15) is 0 Å². The van der Waals surface area contributed by atoms with Gasteiger partial charge in [-0.05, 0) is 98.5 Å². The van der Waals surface area contributed by atoms with Crippen molar-refractivity contribution in [2.75, 3.05) is 9.80 Å². The lowest BCUT2D eigenvalue weighted by molar-refractivity contribution is 0.465. The van der Waals surface area contributed by atoms with E-state index in [1.165, 1.54) is 84.1 Å². The van der Waals surface area contributed by atoms with E-state index in [0.717, 1.165) is 6.42 Å². The Morgan fingerprint density at radius 1 is 0.509 bits per heavy atom. The second-order valence-electron chi connectivity index (χ2n) is 18.0. The van der Waals surface area contributed by atoms with Gasteiger partial charge in [-0.25, -0.2) is 0 Å². The molecule has 4 unspecified atom stereocenters. The molecule has 2 heterocycles. The lowest BCUT2D eigenvalue weighted by Gasteiger charge is -2.49. The average Bonchev–Trinajstić information content (AvgIpc) is 3.72. The minimum atomic E-state index is -0.368. The number of para-hydroxylation sites is 3. The Hall–Kier alpha value is -6.12. The van der Waals surface area contributed by atoms with Gasteiger partial charge in [0, 0.05) is 39.7 Å². The molecule has 0 saturated carbocycles. The van der Waals surface area contributed by atoms with Crippen LogP contribution in [0.5, 0.6) is 0 Å². The molecule has 276 valence electrons. The number of nitrogens with zero attached hydrogens (tertiary/aromatic N) is 2. The van der Waals surface area contributed by atoms with Gasteiger partial charge in [-0.1, -0.05) is 167 Å². The second kappa shape index (κ2) is 11.5. The van der Waals surface area contributed by atoms with Gasteiger partial charge in [0.1, 0.15) is 0 Å². The standard InChI is InChI=1S/C55H46N2/c1-53(2)41-22-9-13-27-47(41)56(48-28-14-10-23-42(48)53)35-32-33-37-36-18-5-7-20-39(36)55(46(37)34-35)40-21-8-6-19-38(40)52-45(55)26-17-31-51(52)57-49-29-15-11-24-43(49)54(3,4)44-25-12-16-30-50(44)57/h5-29,31-34,38,40,50H,30H2,1-4H3. The molecule has 2 heteroatoms. The highest BCUT2D eigenvalue weighted by molar-refractivity contribution is 5.92. The third-order valence-electron chi connectivity index (χ3n) is 14.7. The molecule has 0 fully saturated rings. The molecule has 6 aromatic carbocycles. The Labute approximate surface area is 336 Å². The molecule has 0 amide bonds. The van der Waals surface area contributed by atoms with Crippen molar-refractivity contribution in [1.82, 2.24) is 0 Å². The van der Waals surface area contributed by atoms with E-state index < -0.39 is 0 Å². The van der Waals surface area contributed by atoms with Gasteiger partial charge < -0.3 is 9.80 Å². The molecule has 12 rings (SSSR count). The van der Waals surface area contributed by atoms with Crippen LogP contribution in [0.2, 0.25) is 0 Å². The van der Waals surface area contributed by atoms with E-state index >= 15 is 0 Å². The highest BCUT2D eigenvalue weighted by atomic mass is 15.2. The van der Waals surface area contributed by atoms with E-state index in [1.54, 1.807) is 0 Å². The summed E-state index contributed by atoms with van der Waals surface area (Å²) in [6.07, 6.45) is 17.7. The second-order valence-corrected chi connectivity index (χ2v) is 18.0. The molecular weight excluding hydrogens is 689 g/mol. The third-order valence-corrected chi connectivity index (χ3v) is 14.7. The topological polar surface area (TPSA) is 6.48 Å². The molecule has 0 saturated heterocycles. The van der Waals surface area contributed by atoms with Crippen LogP contribution in [0.25, 0.3) is 11.1 Å². The molecule has 4 atom stereocenters. The summed E-state index contributed by atoms with van der Waals surface area (Å²) in [4.78, 5) is 5.25. The van der Waals surface area contributed by atoms with Crippen molar-refractivity contribution in [3.63, 3.8) is 0 Å². The zero-order valence-electron chi connectivity index (χ0n) is 33.1. The van der Waals surface area contributed by atoms with Crippen LogP contribution in [0.1, 0.15) is 79.0 Å². The van der Waals surface area contributed by atoms with Crippen molar-refractivity contribution in [3.05, 3.63) is 221 Å². The predicted molar refractivity (Wildman–Crippen MR) is 237 cm³/mol. The largest absolute Gasteiger partial charge is 0.333 e. The summed E-state index contributed by atoms with van der Waals surface area (Å²) in [6.45, 7) is 9.58. The van der Waals surface area contributed by atoms with Gasteiger partial charge in [-0.2, -0.15) is 0 Å². The number of anilines is 5. The van der Waals surface area contributed by atoms with Gasteiger partial charge in [0.2, 0.25) is 0 Å². The van der Waals surface area contributed by atoms with Crippen molar-refractivity contribution >= 4 is 28.4 Å². The predicted octanol–water partition coefficient (Wildman–Crippen LogP) is 13.6. The van der Waals surface area contributed by atoms with Crippen LogP contribution in [-0.4, -0.2) is 6.04 Å². The fourth-order valence-corrected chi connectivity index (χ4v) is 12.3. The van der Waals surface area contributed by atoms with Crippen molar-refractivity contribution < 1.29 is 0 Å². The average molecular weight is 735 g/mol. The van der Waals surface area contributed by atoms with E-state index in [-0.39, 0.29) is 34.1 Å². The van der Waals surface area contributed by atoms with Gasteiger partial charge in [-0.15, -0.1) is 0 Å². The monoisotopic (exact) mass is 734 g/mol. The first-order valence-corrected chi connectivity index (χ1v) is 20.8. The Morgan fingerprint density at radius 2 is 1.11 bits per heavy atom. The van der Waals surface area contributed by atoms with Crippen molar-refractivity contribution in [1.29, 1.82) is 0 Å². The molecule has 2 nitrogen and oxygen atoms in total. The number of hydrogen-bond donors (Lipinski definition) is 0. The molecule has 4 aliphatic carbocycles. The summed E-state index contributed by atoms with van der Waals surface area (Å²) in [5.41, 5.74) is 19.9. The lowest BCUT2D eigenvalue weighted by atomic mass is 9.65. The molecule has 2 aliphatic heterocycles. The molecule has 0 aromatic heterocycles. The molecule has 57 heavy (non-hydrogen) atoms. The summed E-state index contributed by atoms with van der Waals surface area (Å²) in [6, 6.07) is 51.4. The lowest BCUT2D eigenvalue weighted by Crippen LogP contribution is -2.46. The number of benzene rings is 6. The van der Waals surface area contributed by atoms with E-state index in [2.05, 4.69) is 213 Å². The molecule has 6 aliphatic rings. The molecule has 1 spiro atoms. The van der Waals surface area contributed by atoms with E-state index in [1.807, 2.05) is 0 Å². The van der Waals surface area contributed by atoms with Crippen molar-refractivity contribution in [3.8, 4) is 11.1 Å². The first-order chi connectivity index (χ1) is 27.8. The maximum atomic E-state index is 2.72. The summed E-state index contributed by atoms with van der Waals surface area (Å²) in [5.74, 6) is 0.434. The number of allylic oxidation sites excluding steroid dienone is 6. The van der Waals surface area contributed by atoms with Gasteiger partial charge >= 0.3 is 0 Å². The van der Waals surface area contributed by atoms with Gasteiger partial charge in [0.05, 0.1) is 22.8 Å². The van der Waals surface area contributed by atoms with Crippen LogP contribution >= 0.6 is 0 Å². The third kappa shape index (κ3) is 4.11. The maximum Gasteiger partial charge on any atom is 0.0597 e. The fourth-order valence-electron chi connectivity index (χ4n) is 12.3. The highest BCUT2D eigenvalue weighted by Crippen LogP contribution is 2.68. The molecule has 6 aromatic rings. The van der Waals surface area contributed by atoms with E-state index in [0.29, 0.717) is 0 Å². The van der Waals surface area contributed by atoms with Crippen LogP contribution in [0.15, 0.2) is 182 Å². The van der Waals surface area contributed by atoms with Gasteiger partial charge in [0.15, 0.2) is 0 Å². The molecule has 0 N–H and O–H groups in total. The quantitative estimate of drug-likeness (QED) is 0.175. The fraction of sp³-hybridized carbons (Fsp3) is 0.200. The van der Waals surface area contributed by atoms with Gasteiger partial charge in [-0.3, -0.25) is 0 Å². The highest BCUT2D eigenvalue weighted by Gasteiger charge is 2.58. The van der Waals surface area contributed by atoms with Crippen LogP contribution in [0.3, 0.4) is 0 Å². The zero-order valence-corrected chi connectivity index (χ0v) is 33.1. The minimum Gasteiger partial charge on any atom is -0.333 e. The normalized spacial score (nSPS) is 24.4. The number of rotatable bonds is 2. The SMILES string of the molecule is CC1(C)C2=CC=CCC2N(c2cccc3c2C2C=CC=CC2C32c3ccccc3-c3ccc(N4c5ccccc5C(C)(C)c5ccccc54)cc32)c2ccccc21. The Balaban J connectivity index is 1.13. The van der Waals surface area contributed by atoms with Crippen LogP contribution in [0, 0.1) is 5.92 Å².